The molecular weight excluding hydrogens is 361 g/mol. The number of carbonyl (C=O) groups is 1. The van der Waals surface area contributed by atoms with E-state index in [0.29, 0.717) is 5.56 Å². The maximum absolute atomic E-state index is 12.5. The van der Waals surface area contributed by atoms with E-state index in [0.717, 1.165) is 0 Å². The number of halogens is 4. The number of anilines is 2. The van der Waals surface area contributed by atoms with Gasteiger partial charge in [-0.15, -0.1) is 11.6 Å². The highest BCUT2D eigenvalue weighted by Crippen LogP contribution is 2.34. The SMILES string of the molecule is O=C(CCl)Nc1ccnc(-c2cnc(N3CC(C(F)(F)F)C3)nc2)n1. The first-order valence-electron chi connectivity index (χ1n) is 7.20. The summed E-state index contributed by atoms with van der Waals surface area (Å²) in [6.45, 7) is -0.307. The van der Waals surface area contributed by atoms with Gasteiger partial charge in [0.1, 0.15) is 11.7 Å². The minimum absolute atomic E-state index is 0.153. The van der Waals surface area contributed by atoms with Gasteiger partial charge < -0.3 is 10.2 Å². The lowest BCUT2D eigenvalue weighted by Gasteiger charge is -2.39. The van der Waals surface area contributed by atoms with Gasteiger partial charge in [-0.05, 0) is 6.07 Å². The first kappa shape index (κ1) is 17.3. The maximum Gasteiger partial charge on any atom is 0.395 e. The van der Waals surface area contributed by atoms with Gasteiger partial charge in [0.15, 0.2) is 5.82 Å². The highest BCUT2D eigenvalue weighted by Gasteiger charge is 2.47. The zero-order chi connectivity index (χ0) is 18.0. The summed E-state index contributed by atoms with van der Waals surface area (Å²) in [4.78, 5) is 29.0. The van der Waals surface area contributed by atoms with Crippen molar-refractivity contribution in [2.75, 3.05) is 29.2 Å². The fraction of sp³-hybridized carbons (Fsp3) is 0.357. The molecule has 0 aliphatic carbocycles. The monoisotopic (exact) mass is 372 g/mol. The van der Waals surface area contributed by atoms with Crippen molar-refractivity contribution in [1.82, 2.24) is 19.9 Å². The molecule has 7 nitrogen and oxygen atoms in total. The van der Waals surface area contributed by atoms with Gasteiger partial charge in [-0.1, -0.05) is 0 Å². The molecule has 11 heteroatoms. The molecule has 1 fully saturated rings. The molecule has 3 rings (SSSR count). The molecule has 2 aromatic heterocycles. The van der Waals surface area contributed by atoms with Crippen LogP contribution < -0.4 is 10.2 Å². The summed E-state index contributed by atoms with van der Waals surface area (Å²) < 4.78 is 37.5. The van der Waals surface area contributed by atoms with E-state index in [1.807, 2.05) is 0 Å². The Kier molecular flexibility index (Phi) is 4.71. The van der Waals surface area contributed by atoms with Crippen LogP contribution in [0, 0.1) is 5.92 Å². The molecule has 0 radical (unpaired) electrons. The van der Waals surface area contributed by atoms with Crippen LogP contribution in [0.15, 0.2) is 24.7 Å². The van der Waals surface area contributed by atoms with E-state index in [-0.39, 0.29) is 36.6 Å². The van der Waals surface area contributed by atoms with Crippen molar-refractivity contribution in [3.05, 3.63) is 24.7 Å². The number of nitrogens with zero attached hydrogens (tertiary/aromatic N) is 5. The van der Waals surface area contributed by atoms with Gasteiger partial charge in [0.25, 0.3) is 0 Å². The second kappa shape index (κ2) is 6.79. The molecule has 1 saturated heterocycles. The lowest BCUT2D eigenvalue weighted by molar-refractivity contribution is -0.180. The van der Waals surface area contributed by atoms with E-state index in [1.54, 1.807) is 0 Å². The average molecular weight is 373 g/mol. The van der Waals surface area contributed by atoms with E-state index in [2.05, 4.69) is 25.3 Å². The van der Waals surface area contributed by atoms with Gasteiger partial charge in [-0.2, -0.15) is 13.2 Å². The Labute approximate surface area is 145 Å². The lowest BCUT2D eigenvalue weighted by Crippen LogP contribution is -2.54. The number of rotatable bonds is 4. The van der Waals surface area contributed by atoms with Gasteiger partial charge in [-0.25, -0.2) is 19.9 Å². The van der Waals surface area contributed by atoms with E-state index >= 15 is 0 Å². The van der Waals surface area contributed by atoms with Gasteiger partial charge in [-0.3, -0.25) is 4.79 Å². The molecule has 0 bridgehead atoms. The Bertz CT molecular complexity index is 764. The number of nitrogens with one attached hydrogen (secondary N) is 1. The molecular formula is C14H12ClF3N6O. The number of alkyl halides is 4. The minimum Gasteiger partial charge on any atom is -0.339 e. The van der Waals surface area contributed by atoms with Crippen LogP contribution in [0.4, 0.5) is 24.9 Å². The normalized spacial score (nSPS) is 15.0. The Hall–Kier alpha value is -2.49. The van der Waals surface area contributed by atoms with E-state index in [4.69, 9.17) is 11.6 Å². The van der Waals surface area contributed by atoms with E-state index < -0.39 is 18.0 Å². The lowest BCUT2D eigenvalue weighted by atomic mass is 10.0. The standard InChI is InChI=1S/C14H12ClF3N6O/c15-3-11(25)22-10-1-2-19-12(23-10)8-4-20-13(21-5-8)24-6-9(7-24)14(16,17)18/h1-2,4-5,9H,3,6-7H2,(H,19,22,23,25). The fourth-order valence-electron chi connectivity index (χ4n) is 2.19. The van der Waals surface area contributed by atoms with E-state index in [1.165, 1.54) is 29.6 Å². The molecule has 1 aliphatic heterocycles. The van der Waals surface area contributed by atoms with Crippen molar-refractivity contribution in [2.24, 2.45) is 5.92 Å². The zero-order valence-electron chi connectivity index (χ0n) is 12.7. The predicted molar refractivity (Wildman–Crippen MR) is 84.2 cm³/mol. The topological polar surface area (TPSA) is 83.9 Å². The molecule has 1 aliphatic rings. The van der Waals surface area contributed by atoms with Crippen LogP contribution in [-0.4, -0.2) is 51.0 Å². The van der Waals surface area contributed by atoms with Crippen LogP contribution in [-0.2, 0) is 4.79 Å². The average Bonchev–Trinajstić information content (AvgIpc) is 2.53. The third-order valence-corrected chi connectivity index (χ3v) is 3.81. The molecule has 0 saturated carbocycles. The highest BCUT2D eigenvalue weighted by molar-refractivity contribution is 6.29. The molecule has 1 N–H and O–H groups in total. The molecule has 132 valence electrons. The number of hydrogen-bond acceptors (Lipinski definition) is 6. The van der Waals surface area contributed by atoms with Crippen molar-refractivity contribution in [2.45, 2.75) is 6.18 Å². The minimum atomic E-state index is -4.20. The molecule has 1 amide bonds. The molecule has 0 spiro atoms. The summed E-state index contributed by atoms with van der Waals surface area (Å²) in [5.41, 5.74) is 0.471. The number of aromatic nitrogens is 4. The van der Waals surface area contributed by atoms with Crippen LogP contribution >= 0.6 is 11.6 Å². The second-order valence-corrected chi connectivity index (χ2v) is 5.63. The Morgan fingerprint density at radius 3 is 2.56 bits per heavy atom. The van der Waals surface area contributed by atoms with Crippen LogP contribution in [0.2, 0.25) is 0 Å². The predicted octanol–water partition coefficient (Wildman–Crippen LogP) is 2.11. The van der Waals surface area contributed by atoms with Crippen molar-refractivity contribution >= 4 is 29.3 Å². The third-order valence-electron chi connectivity index (χ3n) is 3.57. The van der Waals surface area contributed by atoms with E-state index in [9.17, 15) is 18.0 Å². The van der Waals surface area contributed by atoms with Gasteiger partial charge in [0, 0.05) is 31.7 Å². The van der Waals surface area contributed by atoms with Crippen molar-refractivity contribution < 1.29 is 18.0 Å². The summed E-state index contributed by atoms with van der Waals surface area (Å²) in [6.07, 6.45) is 0.0963. The quantitative estimate of drug-likeness (QED) is 0.827. The molecule has 3 heterocycles. The molecule has 0 atom stereocenters. The van der Waals surface area contributed by atoms with Crippen molar-refractivity contribution in [3.8, 4) is 11.4 Å². The fourth-order valence-corrected chi connectivity index (χ4v) is 2.26. The number of amides is 1. The summed E-state index contributed by atoms with van der Waals surface area (Å²) >= 11 is 5.41. The first-order valence-corrected chi connectivity index (χ1v) is 7.73. The second-order valence-electron chi connectivity index (χ2n) is 5.36. The summed E-state index contributed by atoms with van der Waals surface area (Å²) in [5, 5.41) is 2.49. The Balaban J connectivity index is 1.69. The zero-order valence-corrected chi connectivity index (χ0v) is 13.4. The van der Waals surface area contributed by atoms with Gasteiger partial charge in [0.2, 0.25) is 11.9 Å². The molecule has 2 aromatic rings. The largest absolute Gasteiger partial charge is 0.395 e. The molecule has 0 aromatic carbocycles. The van der Waals surface area contributed by atoms with Crippen LogP contribution in [0.25, 0.3) is 11.4 Å². The Morgan fingerprint density at radius 1 is 1.28 bits per heavy atom. The van der Waals surface area contributed by atoms with Crippen LogP contribution in [0.3, 0.4) is 0 Å². The van der Waals surface area contributed by atoms with Gasteiger partial charge >= 0.3 is 6.18 Å². The molecule has 25 heavy (non-hydrogen) atoms. The van der Waals surface area contributed by atoms with Crippen LogP contribution in [0.1, 0.15) is 0 Å². The summed E-state index contributed by atoms with van der Waals surface area (Å²) in [6, 6.07) is 1.50. The van der Waals surface area contributed by atoms with Gasteiger partial charge in [0.05, 0.1) is 11.5 Å². The highest BCUT2D eigenvalue weighted by atomic mass is 35.5. The Morgan fingerprint density at radius 2 is 1.96 bits per heavy atom. The maximum atomic E-state index is 12.5. The summed E-state index contributed by atoms with van der Waals surface area (Å²) in [5.74, 6) is -1.19. The summed E-state index contributed by atoms with van der Waals surface area (Å²) in [7, 11) is 0. The number of hydrogen-bond donors (Lipinski definition) is 1. The van der Waals surface area contributed by atoms with Crippen LogP contribution in [0.5, 0.6) is 0 Å². The third kappa shape index (κ3) is 3.95. The first-order chi connectivity index (χ1) is 11.9. The van der Waals surface area contributed by atoms with Crippen molar-refractivity contribution in [1.29, 1.82) is 0 Å². The number of carbonyl (C=O) groups excluding carboxylic acids is 1. The molecule has 0 unspecified atom stereocenters. The smallest absolute Gasteiger partial charge is 0.339 e. The van der Waals surface area contributed by atoms with Crippen molar-refractivity contribution in [3.63, 3.8) is 0 Å².